The maximum atomic E-state index is 9.64. The average molecular weight is 471 g/mol. The Labute approximate surface area is 186 Å². The van der Waals surface area contributed by atoms with Crippen LogP contribution in [0, 0.1) is 0 Å². The number of hydrogen-bond donors (Lipinski definition) is 2. The molecular weight excluding hydrogens is 436 g/mol. The van der Waals surface area contributed by atoms with Gasteiger partial charge in [0, 0.05) is 31.3 Å². The number of rotatable bonds is 4. The fourth-order valence-corrected chi connectivity index (χ4v) is 3.52. The van der Waals surface area contributed by atoms with Crippen LogP contribution in [0.3, 0.4) is 0 Å². The van der Waals surface area contributed by atoms with Gasteiger partial charge in [0.25, 0.3) is 0 Å². The highest BCUT2D eigenvalue weighted by atomic mass is 33.1. The smallest absolute Gasteiger partial charge is 0.184 e. The molecule has 0 aromatic rings. The molecule has 0 bridgehead atoms. The van der Waals surface area contributed by atoms with E-state index < -0.39 is 24.0 Å². The molecule has 0 radical (unpaired) electrons. The standard InChI is InChI=1S/C10H18O3.C9H16O4.S3/c1-5-7(11)9-8(6-2)12-10(3,4)13-9;1-4-5-6-7(8(10)11-5)13-9(2,3)12-6;1-3-2/h6-9,11H,2,5H2,1,3-4H3;5-8,10H,4H2,1-3H3;/t7-,8+,9-;5-,6-,7-,8-;/m11./s1. The quantitative estimate of drug-likeness (QED) is 0.600. The Hall–Kier alpha value is 0.120. The van der Waals surface area contributed by atoms with E-state index in [-0.39, 0.29) is 30.5 Å². The first-order valence-electron chi connectivity index (χ1n) is 9.72. The van der Waals surface area contributed by atoms with Gasteiger partial charge in [-0.05, 0) is 40.5 Å². The van der Waals surface area contributed by atoms with Crippen molar-refractivity contribution in [3.05, 3.63) is 12.7 Å². The zero-order valence-electron chi connectivity index (χ0n) is 17.9. The molecule has 10 heteroatoms. The maximum absolute atomic E-state index is 9.64. The van der Waals surface area contributed by atoms with Crippen molar-refractivity contribution in [3.63, 3.8) is 0 Å². The lowest BCUT2D eigenvalue weighted by Gasteiger charge is -2.21. The SMILES string of the molecule is C=C[C@@H]1OC(C)(C)O[C@@H]1[C@H](O)CC.CC[C@H]1O[C@@H](O)[C@@H]2OC(C)(C)O[C@@H]21.S=S=S. The summed E-state index contributed by atoms with van der Waals surface area (Å²) in [5, 5.41) is 19.1. The van der Waals surface area contributed by atoms with Crippen LogP contribution in [0.25, 0.3) is 0 Å². The van der Waals surface area contributed by atoms with Crippen molar-refractivity contribution in [1.29, 1.82) is 0 Å². The Morgan fingerprint density at radius 3 is 2.03 bits per heavy atom. The van der Waals surface area contributed by atoms with Gasteiger partial charge in [-0.15, -0.1) is 6.58 Å². The minimum absolute atomic E-state index is 0.0400. The minimum atomic E-state index is -0.836. The van der Waals surface area contributed by atoms with E-state index in [0.29, 0.717) is 6.42 Å². The van der Waals surface area contributed by atoms with Crippen LogP contribution in [0.2, 0.25) is 0 Å². The molecule has 3 heterocycles. The summed E-state index contributed by atoms with van der Waals surface area (Å²) in [5.74, 6) is -1.20. The van der Waals surface area contributed by atoms with Crippen molar-refractivity contribution in [2.75, 3.05) is 0 Å². The van der Waals surface area contributed by atoms with Gasteiger partial charge in [0.2, 0.25) is 0 Å². The molecule has 3 fully saturated rings. The number of aliphatic hydroxyl groups is 2. The lowest BCUT2D eigenvalue weighted by molar-refractivity contribution is -0.220. The summed E-state index contributed by atoms with van der Waals surface area (Å²) in [5.41, 5.74) is 0. The van der Waals surface area contributed by atoms with Gasteiger partial charge < -0.3 is 33.9 Å². The van der Waals surface area contributed by atoms with E-state index >= 15 is 0 Å². The van der Waals surface area contributed by atoms with Gasteiger partial charge in [-0.2, -0.15) is 0 Å². The zero-order chi connectivity index (χ0) is 22.4. The van der Waals surface area contributed by atoms with Gasteiger partial charge in [-0.25, -0.2) is 0 Å². The number of ether oxygens (including phenoxy) is 5. The first kappa shape index (κ1) is 27.2. The Morgan fingerprint density at radius 1 is 1.03 bits per heavy atom. The highest BCUT2D eigenvalue weighted by Crippen LogP contribution is 2.38. The molecule has 0 aliphatic carbocycles. The molecule has 0 unspecified atom stereocenters. The second-order valence-electron chi connectivity index (χ2n) is 7.88. The fourth-order valence-electron chi connectivity index (χ4n) is 3.52. The second-order valence-corrected chi connectivity index (χ2v) is 9.65. The third kappa shape index (κ3) is 7.64. The third-order valence-electron chi connectivity index (χ3n) is 4.72. The molecule has 0 amide bonds. The van der Waals surface area contributed by atoms with Gasteiger partial charge in [0.15, 0.2) is 17.9 Å². The molecule has 0 spiro atoms. The van der Waals surface area contributed by atoms with E-state index in [4.69, 9.17) is 23.7 Å². The molecule has 3 saturated heterocycles. The molecule has 2 N–H and O–H groups in total. The van der Waals surface area contributed by atoms with Crippen molar-refractivity contribution >= 4 is 31.3 Å². The van der Waals surface area contributed by atoms with E-state index in [2.05, 4.69) is 29.0 Å². The molecule has 3 rings (SSSR count). The molecule has 0 aromatic heterocycles. The van der Waals surface area contributed by atoms with Crippen LogP contribution in [-0.4, -0.2) is 64.7 Å². The van der Waals surface area contributed by atoms with Crippen molar-refractivity contribution in [2.45, 2.75) is 109 Å². The summed E-state index contributed by atoms with van der Waals surface area (Å²) in [6.45, 7) is 15.0. The molecule has 29 heavy (non-hydrogen) atoms. The number of fused-ring (bicyclic) bond motifs is 1. The lowest BCUT2D eigenvalue weighted by atomic mass is 10.1. The molecule has 3 aliphatic rings. The van der Waals surface area contributed by atoms with Gasteiger partial charge in [-0.1, -0.05) is 19.9 Å². The van der Waals surface area contributed by atoms with Crippen LogP contribution in [-0.2, 0) is 54.9 Å². The average Bonchev–Trinajstić information content (AvgIpc) is 3.24. The van der Waals surface area contributed by atoms with Gasteiger partial charge in [-0.3, -0.25) is 0 Å². The predicted octanol–water partition coefficient (Wildman–Crippen LogP) is 2.09. The molecule has 7 nitrogen and oxygen atoms in total. The summed E-state index contributed by atoms with van der Waals surface area (Å²) in [6, 6.07) is 0. The van der Waals surface area contributed by atoms with Crippen molar-refractivity contribution in [1.82, 2.24) is 0 Å². The van der Waals surface area contributed by atoms with E-state index in [1.165, 1.54) is 0 Å². The summed E-state index contributed by atoms with van der Waals surface area (Å²) < 4.78 is 27.5. The van der Waals surface area contributed by atoms with Gasteiger partial charge in [0.05, 0.1) is 12.2 Å². The first-order chi connectivity index (χ1) is 13.4. The second kappa shape index (κ2) is 11.7. The van der Waals surface area contributed by atoms with Crippen molar-refractivity contribution in [2.24, 2.45) is 0 Å². The maximum Gasteiger partial charge on any atom is 0.184 e. The summed E-state index contributed by atoms with van der Waals surface area (Å²) >= 11 is 8.25. The summed E-state index contributed by atoms with van der Waals surface area (Å²) in [6.07, 6.45) is 0.894. The van der Waals surface area contributed by atoms with E-state index in [1.807, 2.05) is 41.5 Å². The van der Waals surface area contributed by atoms with Crippen LogP contribution >= 0.6 is 0 Å². The molecule has 170 valence electrons. The van der Waals surface area contributed by atoms with Crippen LogP contribution in [0.15, 0.2) is 12.7 Å². The van der Waals surface area contributed by atoms with Gasteiger partial charge >= 0.3 is 0 Å². The lowest BCUT2D eigenvalue weighted by Crippen LogP contribution is -2.33. The highest BCUT2D eigenvalue weighted by molar-refractivity contribution is 8.37. The predicted molar refractivity (Wildman–Crippen MR) is 117 cm³/mol. The van der Waals surface area contributed by atoms with E-state index in [0.717, 1.165) is 15.3 Å². The van der Waals surface area contributed by atoms with Crippen molar-refractivity contribution < 1.29 is 33.9 Å². The third-order valence-corrected chi connectivity index (χ3v) is 4.72. The Bertz CT molecular complexity index is 566. The molecule has 7 atom stereocenters. The Balaban J connectivity index is 0.000000256. The fraction of sp³-hybridized carbons (Fsp3) is 0.895. The summed E-state index contributed by atoms with van der Waals surface area (Å²) in [7, 11) is 0.917. The molecular formula is C19H34O7S3. The molecule has 0 aromatic carbocycles. The zero-order valence-corrected chi connectivity index (χ0v) is 20.4. The van der Waals surface area contributed by atoms with E-state index in [1.54, 1.807) is 6.08 Å². The highest BCUT2D eigenvalue weighted by Gasteiger charge is 2.54. The minimum Gasteiger partial charge on any atom is -0.390 e. The monoisotopic (exact) mass is 470 g/mol. The Morgan fingerprint density at radius 2 is 1.55 bits per heavy atom. The van der Waals surface area contributed by atoms with Crippen LogP contribution in [0.5, 0.6) is 0 Å². The molecule has 0 saturated carbocycles. The van der Waals surface area contributed by atoms with E-state index in [9.17, 15) is 10.2 Å². The van der Waals surface area contributed by atoms with Crippen LogP contribution in [0.4, 0.5) is 0 Å². The Kier molecular flexibility index (Phi) is 10.9. The molecule has 3 aliphatic heterocycles. The summed E-state index contributed by atoms with van der Waals surface area (Å²) in [4.78, 5) is 0. The first-order valence-corrected chi connectivity index (χ1v) is 12.4. The van der Waals surface area contributed by atoms with Gasteiger partial charge in [0.1, 0.15) is 24.4 Å². The van der Waals surface area contributed by atoms with Crippen LogP contribution < -0.4 is 0 Å². The number of aliphatic hydroxyl groups excluding tert-OH is 2. The largest absolute Gasteiger partial charge is 0.390 e. The topological polar surface area (TPSA) is 86.6 Å². The normalized spacial score (nSPS) is 37.4. The van der Waals surface area contributed by atoms with Crippen molar-refractivity contribution in [3.8, 4) is 0 Å². The van der Waals surface area contributed by atoms with Crippen LogP contribution in [0.1, 0.15) is 54.4 Å². The number of hydrogen-bond acceptors (Lipinski definition) is 9.